The summed E-state index contributed by atoms with van der Waals surface area (Å²) < 4.78 is 0. The van der Waals surface area contributed by atoms with Crippen LogP contribution in [0.5, 0.6) is 0 Å². The molecule has 1 aliphatic rings. The van der Waals surface area contributed by atoms with Gasteiger partial charge in [-0.3, -0.25) is 4.79 Å². The minimum Gasteiger partial charge on any atom is -0.349 e. The van der Waals surface area contributed by atoms with E-state index < -0.39 is 0 Å². The molecule has 134 valence electrons. The highest BCUT2D eigenvalue weighted by Gasteiger charge is 2.36. The highest BCUT2D eigenvalue weighted by Crippen LogP contribution is 2.39. The van der Waals surface area contributed by atoms with Crippen molar-refractivity contribution in [2.24, 2.45) is 5.73 Å². The first-order valence-corrected chi connectivity index (χ1v) is 8.83. The van der Waals surface area contributed by atoms with Gasteiger partial charge in [0.25, 0.3) is 5.91 Å². The number of halogens is 2. The van der Waals surface area contributed by atoms with Crippen LogP contribution in [0.2, 0.25) is 5.02 Å². The molecule has 1 saturated carbocycles. The minimum absolute atomic E-state index is 0. The maximum atomic E-state index is 12.3. The summed E-state index contributed by atoms with van der Waals surface area (Å²) in [6.45, 7) is 0.604. The highest BCUT2D eigenvalue weighted by atomic mass is 35.5. The molecule has 0 atom stereocenters. The fourth-order valence-electron chi connectivity index (χ4n) is 3.60. The van der Waals surface area contributed by atoms with Crippen LogP contribution in [0, 0.1) is 0 Å². The van der Waals surface area contributed by atoms with Crippen LogP contribution >= 0.6 is 24.0 Å². The van der Waals surface area contributed by atoms with Crippen molar-refractivity contribution in [1.82, 2.24) is 5.32 Å². The van der Waals surface area contributed by atoms with Crippen molar-refractivity contribution in [3.05, 3.63) is 70.7 Å². The molecule has 0 radical (unpaired) electrons. The van der Waals surface area contributed by atoms with Gasteiger partial charge >= 0.3 is 0 Å². The first-order chi connectivity index (χ1) is 11.6. The second-order valence-electron chi connectivity index (χ2n) is 6.61. The molecule has 5 heteroatoms. The number of benzene rings is 2. The average Bonchev–Trinajstić information content (AvgIpc) is 2.63. The zero-order valence-electron chi connectivity index (χ0n) is 14.1. The van der Waals surface area contributed by atoms with Crippen molar-refractivity contribution in [2.45, 2.75) is 37.1 Å². The first-order valence-electron chi connectivity index (χ1n) is 8.45. The molecule has 0 spiro atoms. The van der Waals surface area contributed by atoms with Gasteiger partial charge in [0, 0.05) is 28.6 Å². The summed E-state index contributed by atoms with van der Waals surface area (Å²) in [5, 5.41) is 3.90. The first kappa shape index (κ1) is 19.8. The predicted molar refractivity (Wildman–Crippen MR) is 106 cm³/mol. The van der Waals surface area contributed by atoms with Gasteiger partial charge in [0.05, 0.1) is 0 Å². The lowest BCUT2D eigenvalue weighted by Crippen LogP contribution is -2.45. The standard InChI is InChI=1S/C20H23ClN2O.ClH/c21-17-8-4-7-16(13-17)20(14-22)11-9-18(10-12-20)23-19(24)15-5-2-1-3-6-15;/h1-8,13,18H,9-12,14,22H2,(H,23,24);1H/t18-,20+;. The van der Waals surface area contributed by atoms with Crippen LogP contribution in [0.3, 0.4) is 0 Å². The Morgan fingerprint density at radius 1 is 1.12 bits per heavy atom. The average molecular weight is 379 g/mol. The fraction of sp³-hybridized carbons (Fsp3) is 0.350. The van der Waals surface area contributed by atoms with Crippen molar-refractivity contribution in [3.8, 4) is 0 Å². The second-order valence-corrected chi connectivity index (χ2v) is 7.04. The van der Waals surface area contributed by atoms with Gasteiger partial charge in [-0.05, 0) is 55.5 Å². The van der Waals surface area contributed by atoms with E-state index in [2.05, 4.69) is 11.4 Å². The molecule has 1 fully saturated rings. The Morgan fingerprint density at radius 3 is 2.40 bits per heavy atom. The summed E-state index contributed by atoms with van der Waals surface area (Å²) in [5.41, 5.74) is 8.02. The van der Waals surface area contributed by atoms with E-state index in [1.165, 1.54) is 5.56 Å². The molecule has 25 heavy (non-hydrogen) atoms. The molecule has 0 aliphatic heterocycles. The van der Waals surface area contributed by atoms with E-state index in [1.54, 1.807) is 0 Å². The molecule has 0 aromatic heterocycles. The zero-order chi connectivity index (χ0) is 17.0. The molecular formula is C20H24Cl2N2O. The Bertz CT molecular complexity index is 698. The van der Waals surface area contributed by atoms with Crippen LogP contribution in [0.4, 0.5) is 0 Å². The molecule has 3 rings (SSSR count). The lowest BCUT2D eigenvalue weighted by molar-refractivity contribution is 0.0918. The van der Waals surface area contributed by atoms with Crippen molar-refractivity contribution in [2.75, 3.05) is 6.54 Å². The maximum absolute atomic E-state index is 12.3. The Labute approximate surface area is 160 Å². The molecule has 1 aliphatic carbocycles. The van der Waals surface area contributed by atoms with Gasteiger partial charge in [0.1, 0.15) is 0 Å². The molecule has 1 amide bonds. The van der Waals surface area contributed by atoms with E-state index in [9.17, 15) is 4.79 Å². The van der Waals surface area contributed by atoms with Crippen molar-refractivity contribution >= 4 is 29.9 Å². The van der Waals surface area contributed by atoms with Gasteiger partial charge < -0.3 is 11.1 Å². The third-order valence-corrected chi connectivity index (χ3v) is 5.38. The zero-order valence-corrected chi connectivity index (χ0v) is 15.7. The van der Waals surface area contributed by atoms with Gasteiger partial charge in [-0.25, -0.2) is 0 Å². The van der Waals surface area contributed by atoms with Gasteiger partial charge in [0.15, 0.2) is 0 Å². The third-order valence-electron chi connectivity index (χ3n) is 5.14. The molecule has 0 unspecified atom stereocenters. The van der Waals surface area contributed by atoms with Gasteiger partial charge in [-0.2, -0.15) is 0 Å². The SMILES string of the molecule is Cl.NC[C@]1(c2cccc(Cl)c2)CC[C@@H](NC(=O)c2ccccc2)CC1. The minimum atomic E-state index is -0.0289. The molecule has 2 aromatic rings. The summed E-state index contributed by atoms with van der Waals surface area (Å²) in [4.78, 5) is 12.3. The van der Waals surface area contributed by atoms with Crippen LogP contribution in [0.15, 0.2) is 54.6 Å². The van der Waals surface area contributed by atoms with Gasteiger partial charge in [0.2, 0.25) is 0 Å². The van der Waals surface area contributed by atoms with Crippen LogP contribution in [0.1, 0.15) is 41.6 Å². The van der Waals surface area contributed by atoms with Crippen LogP contribution in [0.25, 0.3) is 0 Å². The lowest BCUT2D eigenvalue weighted by Gasteiger charge is -2.40. The number of nitrogens with one attached hydrogen (secondary N) is 1. The molecular weight excluding hydrogens is 355 g/mol. The Morgan fingerprint density at radius 2 is 1.80 bits per heavy atom. The maximum Gasteiger partial charge on any atom is 0.251 e. The molecule has 3 N–H and O–H groups in total. The monoisotopic (exact) mass is 378 g/mol. The number of hydrogen-bond donors (Lipinski definition) is 2. The van der Waals surface area contributed by atoms with Crippen LogP contribution < -0.4 is 11.1 Å². The normalized spacial score (nSPS) is 22.7. The second kappa shape index (κ2) is 8.70. The van der Waals surface area contributed by atoms with Crippen molar-refractivity contribution in [1.29, 1.82) is 0 Å². The molecule has 0 saturated heterocycles. The van der Waals surface area contributed by atoms with E-state index in [-0.39, 0.29) is 29.8 Å². The predicted octanol–water partition coefficient (Wildman–Crippen LogP) is 4.33. The Kier molecular flexibility index (Phi) is 6.88. The van der Waals surface area contributed by atoms with Crippen LogP contribution in [-0.4, -0.2) is 18.5 Å². The Hall–Kier alpha value is -1.55. The summed E-state index contributed by atoms with van der Waals surface area (Å²) in [7, 11) is 0. The van der Waals surface area contributed by atoms with Crippen molar-refractivity contribution in [3.63, 3.8) is 0 Å². The number of rotatable bonds is 4. The summed E-state index contributed by atoms with van der Waals surface area (Å²) in [6.07, 6.45) is 3.79. The highest BCUT2D eigenvalue weighted by molar-refractivity contribution is 6.30. The number of hydrogen-bond acceptors (Lipinski definition) is 2. The summed E-state index contributed by atoms with van der Waals surface area (Å²) in [6, 6.07) is 17.6. The van der Waals surface area contributed by atoms with E-state index >= 15 is 0 Å². The molecule has 0 heterocycles. The summed E-state index contributed by atoms with van der Waals surface area (Å²) >= 11 is 6.15. The third kappa shape index (κ3) is 4.55. The summed E-state index contributed by atoms with van der Waals surface area (Å²) in [5.74, 6) is 0.00334. The van der Waals surface area contributed by atoms with E-state index in [4.69, 9.17) is 17.3 Å². The topological polar surface area (TPSA) is 55.1 Å². The van der Waals surface area contributed by atoms with E-state index in [0.29, 0.717) is 12.1 Å². The smallest absolute Gasteiger partial charge is 0.251 e. The number of carbonyl (C=O) groups is 1. The van der Waals surface area contributed by atoms with E-state index in [0.717, 1.165) is 30.7 Å². The molecule has 3 nitrogen and oxygen atoms in total. The number of amides is 1. The number of carbonyl (C=O) groups excluding carboxylic acids is 1. The quantitative estimate of drug-likeness (QED) is 0.831. The lowest BCUT2D eigenvalue weighted by atomic mass is 9.68. The van der Waals surface area contributed by atoms with E-state index in [1.807, 2.05) is 48.5 Å². The van der Waals surface area contributed by atoms with Gasteiger partial charge in [-0.15, -0.1) is 12.4 Å². The molecule has 0 bridgehead atoms. The van der Waals surface area contributed by atoms with Crippen LogP contribution in [-0.2, 0) is 5.41 Å². The van der Waals surface area contributed by atoms with Gasteiger partial charge in [-0.1, -0.05) is 41.9 Å². The van der Waals surface area contributed by atoms with Crippen molar-refractivity contribution < 1.29 is 4.79 Å². The Balaban J connectivity index is 0.00000225. The molecule has 2 aromatic carbocycles. The largest absolute Gasteiger partial charge is 0.349 e. The fourth-order valence-corrected chi connectivity index (χ4v) is 3.79. The number of nitrogens with two attached hydrogens (primary N) is 1.